The molecule has 5 rings (SSSR count). The Hall–Kier alpha value is -3.47. The molecule has 1 amide bonds. The maximum atomic E-state index is 13.8. The minimum atomic E-state index is -3.03. The molecule has 1 aliphatic heterocycles. The second-order valence-corrected chi connectivity index (χ2v) is 12.4. The maximum absolute atomic E-state index is 13.8. The Balaban J connectivity index is 1.40. The predicted octanol–water partition coefficient (Wildman–Crippen LogP) is 6.39. The van der Waals surface area contributed by atoms with Crippen LogP contribution in [0.3, 0.4) is 0 Å². The zero-order valence-corrected chi connectivity index (χ0v) is 26.6. The first-order valence-corrected chi connectivity index (χ1v) is 15.6. The van der Waals surface area contributed by atoms with Crippen LogP contribution < -0.4 is 14.5 Å². The van der Waals surface area contributed by atoms with Crippen LogP contribution in [0, 0.1) is 5.92 Å². The van der Waals surface area contributed by atoms with Crippen molar-refractivity contribution in [3.05, 3.63) is 87.2 Å². The molecule has 2 aliphatic rings. The van der Waals surface area contributed by atoms with Gasteiger partial charge in [0, 0.05) is 38.2 Å². The van der Waals surface area contributed by atoms with Gasteiger partial charge in [0.1, 0.15) is 22.2 Å². The van der Waals surface area contributed by atoms with E-state index < -0.39 is 24.7 Å². The van der Waals surface area contributed by atoms with Crippen LogP contribution in [0.4, 0.5) is 8.78 Å². The molecule has 3 aromatic rings. The Kier molecular flexibility index (Phi) is 10.8. The molecule has 12 heteroatoms. The van der Waals surface area contributed by atoms with Gasteiger partial charge in [-0.15, -0.1) is 0 Å². The van der Waals surface area contributed by atoms with Crippen LogP contribution in [0.5, 0.6) is 11.5 Å². The number of amides is 1. The molecule has 1 saturated carbocycles. The van der Waals surface area contributed by atoms with Gasteiger partial charge in [-0.3, -0.25) is 14.5 Å². The lowest BCUT2D eigenvalue weighted by Crippen LogP contribution is -2.37. The van der Waals surface area contributed by atoms with E-state index in [-0.39, 0.29) is 23.8 Å². The highest BCUT2D eigenvalue weighted by Gasteiger charge is 2.35. The molecule has 1 saturated heterocycles. The fraction of sp³-hybridized carbons (Fsp3) is 0.424. The summed E-state index contributed by atoms with van der Waals surface area (Å²) in [6.45, 7) is -1.51. The van der Waals surface area contributed by atoms with E-state index in [1.54, 1.807) is 44.7 Å². The standard InChI is InChI=1S/C33H35Cl2F2N3O5/c1-39(2)31(41)23-6-3-5-21(13-23)18-40-12-4-7-27(40)32(42)44-29(15-24-25(34)16-38-17-26(24)35)22-10-11-28(45-33(36)37)30(14-22)43-19-20-8-9-20/h3,5-6,10-11,13-14,16-17,20,27,29,33H,4,7-9,12,15,18-19H2,1-2H3/p+1/t27-,29-/m0/s1. The molecular weight excluding hydrogens is 627 g/mol. The minimum absolute atomic E-state index is 0.0956. The van der Waals surface area contributed by atoms with Gasteiger partial charge in [0.25, 0.3) is 5.91 Å². The summed E-state index contributed by atoms with van der Waals surface area (Å²) in [6, 6.07) is 11.4. The van der Waals surface area contributed by atoms with Gasteiger partial charge in [-0.25, -0.2) is 4.98 Å². The third-order valence-corrected chi connectivity index (χ3v) is 8.65. The molecule has 45 heavy (non-hydrogen) atoms. The number of nitrogens with one attached hydrogen (secondary N) is 1. The lowest BCUT2D eigenvalue weighted by Gasteiger charge is -2.27. The number of esters is 1. The second-order valence-electron chi connectivity index (χ2n) is 11.6. The van der Waals surface area contributed by atoms with Gasteiger partial charge in [0.2, 0.25) is 0 Å². The van der Waals surface area contributed by atoms with Crippen molar-refractivity contribution in [3.63, 3.8) is 0 Å². The zero-order valence-electron chi connectivity index (χ0n) is 25.1. The normalized spacial score (nSPS) is 17.3. The van der Waals surface area contributed by atoms with Crippen LogP contribution in [0.1, 0.15) is 58.8 Å². The largest absolute Gasteiger partial charge is 0.489 e. The zero-order chi connectivity index (χ0) is 32.1. The van der Waals surface area contributed by atoms with Gasteiger partial charge < -0.3 is 19.1 Å². The number of alkyl halides is 2. The summed E-state index contributed by atoms with van der Waals surface area (Å²) >= 11 is 13.0. The summed E-state index contributed by atoms with van der Waals surface area (Å²) in [4.78, 5) is 32.8. The van der Waals surface area contributed by atoms with Crippen molar-refractivity contribution in [2.75, 3.05) is 27.2 Å². The number of carbonyl (C=O) groups excluding carboxylic acids is 2. The van der Waals surface area contributed by atoms with Crippen molar-refractivity contribution in [1.29, 1.82) is 0 Å². The van der Waals surface area contributed by atoms with E-state index in [9.17, 15) is 18.4 Å². The third kappa shape index (κ3) is 8.62. The fourth-order valence-electron chi connectivity index (χ4n) is 5.40. The summed E-state index contributed by atoms with van der Waals surface area (Å²) in [5, 5.41) is 0.724. The van der Waals surface area contributed by atoms with Gasteiger partial charge in [0.05, 0.1) is 6.61 Å². The first kappa shape index (κ1) is 32.9. The number of benzene rings is 2. The first-order chi connectivity index (χ1) is 21.6. The Morgan fingerprint density at radius 3 is 2.49 bits per heavy atom. The molecule has 2 atom stereocenters. The van der Waals surface area contributed by atoms with Crippen molar-refractivity contribution in [2.45, 2.75) is 57.4 Å². The number of likely N-dealkylation sites (tertiary alicyclic amines) is 1. The average Bonchev–Trinajstić information content (AvgIpc) is 3.73. The van der Waals surface area contributed by atoms with Crippen molar-refractivity contribution in [1.82, 2.24) is 9.80 Å². The highest BCUT2D eigenvalue weighted by atomic mass is 35.5. The van der Waals surface area contributed by atoms with Gasteiger partial charge in [-0.05, 0) is 73.5 Å². The fourth-order valence-corrected chi connectivity index (χ4v) is 5.94. The number of aromatic nitrogens is 1. The summed E-state index contributed by atoms with van der Waals surface area (Å²) in [6.07, 6.45) is 5.87. The molecule has 1 aromatic heterocycles. The molecule has 8 nitrogen and oxygen atoms in total. The van der Waals surface area contributed by atoms with Crippen molar-refractivity contribution >= 4 is 35.1 Å². The van der Waals surface area contributed by atoms with Crippen LogP contribution in [0.15, 0.2) is 54.9 Å². The number of hydrogen-bond donors (Lipinski definition) is 0. The van der Waals surface area contributed by atoms with Crippen LogP contribution >= 0.6 is 23.2 Å². The van der Waals surface area contributed by atoms with E-state index in [4.69, 9.17) is 37.4 Å². The van der Waals surface area contributed by atoms with Crippen LogP contribution in [0.2, 0.25) is 10.0 Å². The maximum Gasteiger partial charge on any atom is 0.387 e. The van der Waals surface area contributed by atoms with Crippen LogP contribution in [-0.4, -0.2) is 61.6 Å². The van der Waals surface area contributed by atoms with Crippen LogP contribution in [-0.2, 0) is 22.5 Å². The minimum Gasteiger partial charge on any atom is -0.489 e. The Morgan fingerprint density at radius 1 is 1.04 bits per heavy atom. The number of rotatable bonds is 13. The molecule has 2 aromatic carbocycles. The van der Waals surface area contributed by atoms with E-state index in [1.807, 2.05) is 23.1 Å². The monoisotopic (exact) mass is 662 g/mol. The molecule has 0 bridgehead atoms. The van der Waals surface area contributed by atoms with Gasteiger partial charge in [-0.1, -0.05) is 41.4 Å². The Labute approximate surface area is 271 Å². The van der Waals surface area contributed by atoms with Gasteiger partial charge in [-0.2, -0.15) is 8.78 Å². The summed E-state index contributed by atoms with van der Waals surface area (Å²) in [7, 11) is 3.40. The first-order valence-electron chi connectivity index (χ1n) is 14.9. The Morgan fingerprint density at radius 2 is 1.80 bits per heavy atom. The molecule has 1 N–H and O–H groups in total. The number of pyridine rings is 1. The summed E-state index contributed by atoms with van der Waals surface area (Å²) in [5.41, 5.74) is 2.57. The smallest absolute Gasteiger partial charge is 0.387 e. The highest BCUT2D eigenvalue weighted by molar-refractivity contribution is 6.35. The number of nitrogens with zero attached hydrogens (tertiary/aromatic N) is 2. The molecule has 0 radical (unpaired) electrons. The number of hydrogen-bond acceptors (Lipinski definition) is 6. The predicted molar refractivity (Wildman–Crippen MR) is 165 cm³/mol. The third-order valence-electron chi connectivity index (χ3n) is 7.97. The van der Waals surface area contributed by atoms with E-state index in [2.05, 4.69) is 4.98 Å². The van der Waals surface area contributed by atoms with E-state index in [0.29, 0.717) is 58.8 Å². The lowest BCUT2D eigenvalue weighted by atomic mass is 10.0. The number of H-pyrrole nitrogens is 1. The van der Waals surface area contributed by atoms with Crippen molar-refractivity contribution in [3.8, 4) is 11.5 Å². The average molecular weight is 664 g/mol. The molecule has 1 aliphatic carbocycles. The van der Waals surface area contributed by atoms with Gasteiger partial charge >= 0.3 is 12.6 Å². The quantitative estimate of drug-likeness (QED) is 0.197. The van der Waals surface area contributed by atoms with E-state index in [0.717, 1.165) is 24.8 Å². The van der Waals surface area contributed by atoms with Gasteiger partial charge in [0.15, 0.2) is 23.9 Å². The Bertz CT molecular complexity index is 1500. The highest BCUT2D eigenvalue weighted by Crippen LogP contribution is 2.38. The second kappa shape index (κ2) is 14.7. The SMILES string of the molecule is CN(C)C(=O)c1cccc(CN2CCC[C@H]2C(=O)O[C@@H](Cc2c(Cl)c[nH+]cc2Cl)c2ccc(OC(F)F)c(OCC3CC3)c2)c1. The molecule has 2 heterocycles. The number of ether oxygens (including phenoxy) is 3. The van der Waals surface area contributed by atoms with E-state index >= 15 is 0 Å². The molecule has 240 valence electrons. The lowest BCUT2D eigenvalue weighted by molar-refractivity contribution is -0.377. The van der Waals surface area contributed by atoms with E-state index in [1.165, 1.54) is 11.0 Å². The summed E-state index contributed by atoms with van der Waals surface area (Å²) in [5.74, 6) is -0.106. The topological polar surface area (TPSA) is 82.5 Å². The number of carbonyl (C=O) groups is 2. The summed E-state index contributed by atoms with van der Waals surface area (Å²) < 4.78 is 43.2. The van der Waals surface area contributed by atoms with Crippen molar-refractivity contribution < 1.29 is 37.6 Å². The number of aromatic amines is 1. The molecular formula is C33H36Cl2F2N3O5+. The van der Waals surface area contributed by atoms with Crippen LogP contribution in [0.25, 0.3) is 0 Å². The van der Waals surface area contributed by atoms with Crippen molar-refractivity contribution in [2.24, 2.45) is 5.92 Å². The molecule has 0 unspecified atom stereocenters. The molecule has 2 fully saturated rings. The molecule has 0 spiro atoms. The number of halogens is 4.